The summed E-state index contributed by atoms with van der Waals surface area (Å²) in [5.74, 6) is 0.378. The van der Waals surface area contributed by atoms with Crippen LogP contribution in [0.15, 0.2) is 18.2 Å². The van der Waals surface area contributed by atoms with E-state index in [-0.39, 0.29) is 11.8 Å². The van der Waals surface area contributed by atoms with Gasteiger partial charge in [-0.05, 0) is 43.4 Å². The number of hydrogen-bond donors (Lipinski definition) is 2. The lowest BCUT2D eigenvalue weighted by Crippen LogP contribution is -2.39. The highest BCUT2D eigenvalue weighted by molar-refractivity contribution is 5.78. The molecule has 2 N–H and O–H groups in total. The molecule has 2 aliphatic heterocycles. The Bertz CT molecular complexity index is 492. The first-order chi connectivity index (χ1) is 9.78. The van der Waals surface area contributed by atoms with Crippen molar-refractivity contribution in [3.63, 3.8) is 0 Å². The van der Waals surface area contributed by atoms with Crippen molar-refractivity contribution in [2.45, 2.75) is 25.7 Å². The molecule has 1 amide bonds. The van der Waals surface area contributed by atoms with Gasteiger partial charge in [0.15, 0.2) is 0 Å². The van der Waals surface area contributed by atoms with Gasteiger partial charge in [0.05, 0.1) is 0 Å². The van der Waals surface area contributed by atoms with Gasteiger partial charge in [-0.2, -0.15) is 0 Å². The number of aryl methyl sites for hydroxylation is 1. The Morgan fingerprint density at radius 2 is 2.15 bits per heavy atom. The van der Waals surface area contributed by atoms with Crippen molar-refractivity contribution in [1.29, 1.82) is 0 Å². The first-order valence-corrected chi connectivity index (χ1v) is 7.61. The number of amides is 1. The summed E-state index contributed by atoms with van der Waals surface area (Å²) in [6, 6.07) is 6.75. The Labute approximate surface area is 120 Å². The summed E-state index contributed by atoms with van der Waals surface area (Å²) in [5.41, 5.74) is 4.01. The average molecular weight is 273 g/mol. The zero-order chi connectivity index (χ0) is 13.9. The van der Waals surface area contributed by atoms with Gasteiger partial charge < -0.3 is 15.5 Å². The molecule has 1 saturated heterocycles. The number of fused-ring (bicyclic) bond motifs is 1. The zero-order valence-corrected chi connectivity index (χ0v) is 12.1. The van der Waals surface area contributed by atoms with E-state index in [2.05, 4.69) is 33.7 Å². The molecular formula is C16H23N3O. The first-order valence-electron chi connectivity index (χ1n) is 7.61. The second-order valence-corrected chi connectivity index (χ2v) is 5.75. The largest absolute Gasteiger partial charge is 0.385 e. The minimum Gasteiger partial charge on any atom is -0.385 e. The maximum absolute atomic E-state index is 11.7. The Morgan fingerprint density at radius 1 is 1.35 bits per heavy atom. The van der Waals surface area contributed by atoms with E-state index in [1.54, 1.807) is 7.05 Å². The van der Waals surface area contributed by atoms with E-state index in [0.29, 0.717) is 0 Å². The van der Waals surface area contributed by atoms with E-state index in [4.69, 9.17) is 0 Å². The summed E-state index contributed by atoms with van der Waals surface area (Å²) < 4.78 is 0. The number of carbonyl (C=O) groups is 1. The van der Waals surface area contributed by atoms with Crippen LogP contribution in [0.2, 0.25) is 0 Å². The Kier molecular flexibility index (Phi) is 3.81. The van der Waals surface area contributed by atoms with Crippen LogP contribution < -0.4 is 15.5 Å². The minimum atomic E-state index is 0.187. The van der Waals surface area contributed by atoms with Gasteiger partial charge in [-0.25, -0.2) is 0 Å². The molecule has 2 aliphatic rings. The number of benzene rings is 1. The van der Waals surface area contributed by atoms with Crippen LogP contribution in [-0.2, 0) is 11.2 Å². The van der Waals surface area contributed by atoms with Gasteiger partial charge in [-0.1, -0.05) is 6.07 Å². The van der Waals surface area contributed by atoms with Gasteiger partial charge in [0, 0.05) is 44.0 Å². The highest BCUT2D eigenvalue weighted by Crippen LogP contribution is 2.29. The second-order valence-electron chi connectivity index (χ2n) is 5.75. The molecule has 0 radical (unpaired) electrons. The molecule has 0 unspecified atom stereocenters. The van der Waals surface area contributed by atoms with E-state index < -0.39 is 0 Å². The lowest BCUT2D eigenvalue weighted by Gasteiger charge is -2.33. The number of anilines is 2. The number of nitrogens with one attached hydrogen (secondary N) is 2. The van der Waals surface area contributed by atoms with Crippen LogP contribution in [0.5, 0.6) is 0 Å². The summed E-state index contributed by atoms with van der Waals surface area (Å²) in [7, 11) is 1.73. The van der Waals surface area contributed by atoms with Crippen LogP contribution in [0.3, 0.4) is 0 Å². The highest BCUT2D eigenvalue weighted by atomic mass is 16.1. The van der Waals surface area contributed by atoms with Crippen LogP contribution in [0.1, 0.15) is 24.8 Å². The smallest absolute Gasteiger partial charge is 0.222 e. The molecule has 1 aromatic carbocycles. The molecule has 1 fully saturated rings. The van der Waals surface area contributed by atoms with Crippen molar-refractivity contribution in [2.24, 2.45) is 5.92 Å². The molecule has 20 heavy (non-hydrogen) atoms. The van der Waals surface area contributed by atoms with E-state index in [1.165, 1.54) is 29.8 Å². The van der Waals surface area contributed by atoms with Crippen molar-refractivity contribution < 1.29 is 4.79 Å². The Balaban J connectivity index is 1.67. The summed E-state index contributed by atoms with van der Waals surface area (Å²) in [6.07, 6.45) is 4.31. The Morgan fingerprint density at radius 3 is 2.90 bits per heavy atom. The van der Waals surface area contributed by atoms with Crippen molar-refractivity contribution in [1.82, 2.24) is 5.32 Å². The first kappa shape index (κ1) is 13.3. The fourth-order valence-corrected chi connectivity index (χ4v) is 3.25. The number of carbonyl (C=O) groups excluding carboxylic acids is 1. The third-order valence-corrected chi connectivity index (χ3v) is 4.51. The normalized spacial score (nSPS) is 19.1. The van der Waals surface area contributed by atoms with Crippen LogP contribution >= 0.6 is 0 Å². The third kappa shape index (κ3) is 2.60. The van der Waals surface area contributed by atoms with Gasteiger partial charge in [0.1, 0.15) is 0 Å². The number of piperidine rings is 1. The Hall–Kier alpha value is -1.71. The lowest BCUT2D eigenvalue weighted by molar-refractivity contribution is -0.125. The fraction of sp³-hybridized carbons (Fsp3) is 0.562. The molecule has 0 atom stereocenters. The average Bonchev–Trinajstić information content (AvgIpc) is 2.54. The maximum atomic E-state index is 11.7. The van der Waals surface area contributed by atoms with Gasteiger partial charge in [0.2, 0.25) is 5.91 Å². The van der Waals surface area contributed by atoms with Gasteiger partial charge in [0.25, 0.3) is 0 Å². The minimum absolute atomic E-state index is 0.187. The summed E-state index contributed by atoms with van der Waals surface area (Å²) in [6.45, 7) is 3.02. The molecule has 0 aromatic heterocycles. The monoisotopic (exact) mass is 273 g/mol. The highest BCUT2D eigenvalue weighted by Gasteiger charge is 2.24. The number of rotatable bonds is 2. The summed E-state index contributed by atoms with van der Waals surface area (Å²) in [4.78, 5) is 14.1. The standard InChI is InChI=1S/C16H23N3O/c1-17-16(20)13-6-9-19(10-7-13)14-5-4-12-3-2-8-18-15(12)11-14/h4-5,11,13,18H,2-3,6-10H2,1H3,(H,17,20). The molecule has 2 heterocycles. The van der Waals surface area contributed by atoms with Crippen LogP contribution in [0.4, 0.5) is 11.4 Å². The molecule has 0 saturated carbocycles. The molecule has 0 aliphatic carbocycles. The molecule has 0 spiro atoms. The molecule has 3 rings (SSSR count). The van der Waals surface area contributed by atoms with Crippen LogP contribution in [-0.4, -0.2) is 32.6 Å². The molecule has 4 heteroatoms. The topological polar surface area (TPSA) is 44.4 Å². The van der Waals surface area contributed by atoms with Gasteiger partial charge in [-0.15, -0.1) is 0 Å². The number of nitrogens with zero attached hydrogens (tertiary/aromatic N) is 1. The molecule has 108 valence electrons. The zero-order valence-electron chi connectivity index (χ0n) is 12.1. The SMILES string of the molecule is CNC(=O)C1CCN(c2ccc3c(c2)NCCC3)CC1. The quantitative estimate of drug-likeness (QED) is 0.866. The molecular weight excluding hydrogens is 250 g/mol. The van der Waals surface area contributed by atoms with Gasteiger partial charge in [-0.3, -0.25) is 4.79 Å². The van der Waals surface area contributed by atoms with E-state index in [9.17, 15) is 4.79 Å². The third-order valence-electron chi connectivity index (χ3n) is 4.51. The fourth-order valence-electron chi connectivity index (χ4n) is 3.25. The van der Waals surface area contributed by atoms with Gasteiger partial charge >= 0.3 is 0 Å². The van der Waals surface area contributed by atoms with E-state index in [0.717, 1.165) is 32.5 Å². The van der Waals surface area contributed by atoms with E-state index >= 15 is 0 Å². The van der Waals surface area contributed by atoms with Crippen molar-refractivity contribution >= 4 is 17.3 Å². The second kappa shape index (κ2) is 5.73. The molecule has 1 aromatic rings. The van der Waals surface area contributed by atoms with Crippen molar-refractivity contribution in [3.8, 4) is 0 Å². The lowest BCUT2D eigenvalue weighted by atomic mass is 9.95. The number of hydrogen-bond acceptors (Lipinski definition) is 3. The maximum Gasteiger partial charge on any atom is 0.222 e. The van der Waals surface area contributed by atoms with Crippen LogP contribution in [0.25, 0.3) is 0 Å². The van der Waals surface area contributed by atoms with Crippen LogP contribution in [0, 0.1) is 5.92 Å². The predicted octanol–water partition coefficient (Wildman–Crippen LogP) is 2.01. The molecule has 0 bridgehead atoms. The van der Waals surface area contributed by atoms with Crippen molar-refractivity contribution in [2.75, 3.05) is 36.9 Å². The van der Waals surface area contributed by atoms with E-state index in [1.807, 2.05) is 0 Å². The van der Waals surface area contributed by atoms with Crippen molar-refractivity contribution in [3.05, 3.63) is 23.8 Å². The molecule has 4 nitrogen and oxygen atoms in total. The predicted molar refractivity (Wildman–Crippen MR) is 82.3 cm³/mol. The summed E-state index contributed by atoms with van der Waals surface area (Å²) >= 11 is 0. The summed E-state index contributed by atoms with van der Waals surface area (Å²) in [5, 5.41) is 6.25.